The van der Waals surface area contributed by atoms with Gasteiger partial charge in [-0.1, -0.05) is 352 Å². The van der Waals surface area contributed by atoms with E-state index >= 15 is 0 Å². The Morgan fingerprint density at radius 2 is 0.562 bits per heavy atom. The molecule has 0 aromatic carbocycles. The number of carbonyl (C=O) groups excluding carboxylic acids is 2. The molecule has 0 spiro atoms. The summed E-state index contributed by atoms with van der Waals surface area (Å²) < 4.78 is 34.8. The van der Waals surface area contributed by atoms with Gasteiger partial charge in [-0.25, -0.2) is 4.57 Å². The number of allylic oxidation sites excluding steroid dienone is 24. The molecule has 2 atom stereocenters. The molecular weight excluding hydrogens is 1210 g/mol. The van der Waals surface area contributed by atoms with Crippen LogP contribution in [0.25, 0.3) is 0 Å². The first-order chi connectivity index (χ1) is 47.0. The Hall–Kier alpha value is -4.11. The summed E-state index contributed by atoms with van der Waals surface area (Å²) in [4.78, 5) is 36.0. The summed E-state index contributed by atoms with van der Waals surface area (Å²) in [7, 11) is 1.47. The van der Waals surface area contributed by atoms with E-state index in [0.717, 1.165) is 122 Å². The maximum absolute atomic E-state index is 12.9. The van der Waals surface area contributed by atoms with Crippen molar-refractivity contribution in [2.24, 2.45) is 0 Å². The molecule has 0 rings (SSSR count). The van der Waals surface area contributed by atoms with Crippen molar-refractivity contribution < 1.29 is 42.1 Å². The first-order valence-electron chi connectivity index (χ1n) is 39.6. The molecule has 0 fully saturated rings. The minimum absolute atomic E-state index is 0.0270. The van der Waals surface area contributed by atoms with Gasteiger partial charge in [-0.2, -0.15) is 0 Å². The number of unbranched alkanes of at least 4 members (excludes halogenated alkanes) is 34. The Bertz CT molecular complexity index is 2140. The summed E-state index contributed by atoms with van der Waals surface area (Å²) in [6.45, 7) is 4.23. The predicted molar refractivity (Wildman–Crippen MR) is 417 cm³/mol. The highest BCUT2D eigenvalue weighted by Gasteiger charge is 2.27. The van der Waals surface area contributed by atoms with E-state index in [-0.39, 0.29) is 32.0 Å². The zero-order valence-electron chi connectivity index (χ0n) is 62.8. The van der Waals surface area contributed by atoms with Crippen LogP contribution in [-0.4, -0.2) is 74.9 Å². The average molecular weight is 1360 g/mol. The van der Waals surface area contributed by atoms with E-state index in [2.05, 4.69) is 160 Å². The maximum atomic E-state index is 12.9. The molecule has 10 heteroatoms. The van der Waals surface area contributed by atoms with Crippen molar-refractivity contribution in [3.8, 4) is 0 Å². The summed E-state index contributed by atoms with van der Waals surface area (Å²) >= 11 is 0. The molecule has 0 radical (unpaired) electrons. The number of phosphoric ester groups is 1. The Balaban J connectivity index is 3.98. The molecule has 1 N–H and O–H groups in total. The summed E-state index contributed by atoms with van der Waals surface area (Å²) in [5, 5.41) is 0. The van der Waals surface area contributed by atoms with Crippen LogP contribution in [0.15, 0.2) is 146 Å². The lowest BCUT2D eigenvalue weighted by atomic mass is 10.0. The predicted octanol–water partition coefficient (Wildman–Crippen LogP) is 26.5. The molecule has 96 heavy (non-hydrogen) atoms. The summed E-state index contributed by atoms with van der Waals surface area (Å²) in [5.41, 5.74) is 0. The Labute approximate surface area is 593 Å². The Morgan fingerprint density at radius 1 is 0.323 bits per heavy atom. The van der Waals surface area contributed by atoms with E-state index in [1.807, 2.05) is 21.1 Å². The molecule has 0 heterocycles. The topological polar surface area (TPSA) is 108 Å². The number of ether oxygens (including phenoxy) is 2. The second-order valence-electron chi connectivity index (χ2n) is 27.3. The van der Waals surface area contributed by atoms with Crippen LogP contribution >= 0.6 is 7.82 Å². The number of phosphoric acid groups is 1. The van der Waals surface area contributed by atoms with Crippen molar-refractivity contribution in [3.05, 3.63) is 146 Å². The average Bonchev–Trinajstić information content (AvgIpc) is 1.48. The van der Waals surface area contributed by atoms with Gasteiger partial charge in [0.15, 0.2) is 6.10 Å². The van der Waals surface area contributed by atoms with E-state index in [0.29, 0.717) is 17.4 Å². The SMILES string of the molecule is CC/C=C\C/C=C\C/C=C\C/C=C\C/C=C\C/C=C\C/C=C\CCCCCCCCCCCCCC(=O)OC(COC(=O)CCCCCCCCCCCCCCCCCCCCCCCCC/C=C\C/C=C\C/C=C\C/C=C\C/C=C\CC)COP(=O)(O)OCC[N+](C)(C)C. The summed E-state index contributed by atoms with van der Waals surface area (Å²) in [5.74, 6) is -0.794. The molecule has 9 nitrogen and oxygen atoms in total. The zero-order chi connectivity index (χ0) is 69.7. The van der Waals surface area contributed by atoms with Crippen LogP contribution in [0.2, 0.25) is 0 Å². The third-order valence-corrected chi connectivity index (χ3v) is 17.8. The van der Waals surface area contributed by atoms with Gasteiger partial charge in [0.2, 0.25) is 0 Å². The number of likely N-dealkylation sites (N-methyl/N-ethyl adjacent to an activating group) is 1. The molecule has 0 aliphatic heterocycles. The van der Waals surface area contributed by atoms with E-state index in [4.69, 9.17) is 18.5 Å². The molecule has 0 aliphatic rings. The van der Waals surface area contributed by atoms with E-state index in [1.54, 1.807) is 0 Å². The van der Waals surface area contributed by atoms with E-state index in [9.17, 15) is 19.0 Å². The smallest absolute Gasteiger partial charge is 0.462 e. The molecule has 0 bridgehead atoms. The van der Waals surface area contributed by atoms with Crippen molar-refractivity contribution in [2.75, 3.05) is 47.5 Å². The second-order valence-corrected chi connectivity index (χ2v) is 28.8. The quantitative estimate of drug-likeness (QED) is 0.0211. The standard InChI is InChI=1S/C86H148NO8P/c1-6-8-10-12-14-16-18-20-22-24-26-28-30-32-34-36-38-40-41-42-43-44-45-47-48-50-52-54-56-58-60-62-64-66-68-70-72-74-76-78-85(88)92-82-84(83-94-96(90,91)93-81-80-87(3,4)5)95-86(89)79-77-75-73-71-69-67-65-63-61-59-57-55-53-51-49-46-39-37-35-33-31-29-27-25-23-21-19-17-15-13-11-9-7-2/h8-11,14-17,20-23,26-29,32-35,39,46,51,53,84H,6-7,12-13,18-19,24-25,30-31,36-38,40-45,47-50,52,54-83H2,1-5H3/p+1/b10-8-,11-9-,16-14-,17-15-,22-20-,23-21-,28-26-,29-27-,34-32-,35-33-,46-39-,53-51-. The molecule has 0 aromatic heterocycles. The number of esters is 2. The molecule has 0 aliphatic carbocycles. The lowest BCUT2D eigenvalue weighted by Gasteiger charge is -2.24. The number of nitrogens with zero attached hydrogens (tertiary/aromatic N) is 1. The Kier molecular flexibility index (Phi) is 71.9. The van der Waals surface area contributed by atoms with Crippen molar-refractivity contribution in [1.29, 1.82) is 0 Å². The molecule has 0 amide bonds. The highest BCUT2D eigenvalue weighted by atomic mass is 31.2. The van der Waals surface area contributed by atoms with Crippen LogP contribution in [0.4, 0.5) is 0 Å². The van der Waals surface area contributed by atoms with Gasteiger partial charge in [-0.15, -0.1) is 0 Å². The van der Waals surface area contributed by atoms with Crippen molar-refractivity contribution >= 4 is 19.8 Å². The van der Waals surface area contributed by atoms with E-state index < -0.39 is 26.5 Å². The molecule has 2 unspecified atom stereocenters. The molecule has 550 valence electrons. The number of carbonyl (C=O) groups is 2. The van der Waals surface area contributed by atoms with Gasteiger partial charge < -0.3 is 18.9 Å². The number of rotatable bonds is 72. The highest BCUT2D eigenvalue weighted by Crippen LogP contribution is 2.43. The number of quaternary nitrogens is 1. The largest absolute Gasteiger partial charge is 0.472 e. The molecule has 0 saturated heterocycles. The van der Waals surface area contributed by atoms with Gasteiger partial charge in [0.05, 0.1) is 27.7 Å². The second kappa shape index (κ2) is 75.1. The van der Waals surface area contributed by atoms with Crippen LogP contribution in [0.5, 0.6) is 0 Å². The molecule has 0 aromatic rings. The van der Waals surface area contributed by atoms with Crippen LogP contribution in [0, 0.1) is 0 Å². The lowest BCUT2D eigenvalue weighted by molar-refractivity contribution is -0.870. The number of hydrogen-bond donors (Lipinski definition) is 1. The van der Waals surface area contributed by atoms with Crippen LogP contribution in [0.1, 0.15) is 335 Å². The minimum Gasteiger partial charge on any atom is -0.462 e. The fraction of sp³-hybridized carbons (Fsp3) is 0.698. The normalized spacial score (nSPS) is 13.9. The van der Waals surface area contributed by atoms with Crippen molar-refractivity contribution in [3.63, 3.8) is 0 Å². The van der Waals surface area contributed by atoms with Gasteiger partial charge in [-0.3, -0.25) is 18.6 Å². The van der Waals surface area contributed by atoms with Crippen molar-refractivity contribution in [1.82, 2.24) is 0 Å². The minimum atomic E-state index is -4.40. The van der Waals surface area contributed by atoms with Crippen molar-refractivity contribution in [2.45, 2.75) is 341 Å². The third-order valence-electron chi connectivity index (χ3n) is 16.9. The van der Waals surface area contributed by atoms with E-state index in [1.165, 1.54) is 180 Å². The Morgan fingerprint density at radius 3 is 0.833 bits per heavy atom. The first kappa shape index (κ1) is 91.9. The lowest BCUT2D eigenvalue weighted by Crippen LogP contribution is -2.37. The molecular formula is C86H149NO8P+. The van der Waals surface area contributed by atoms with Crippen LogP contribution in [-0.2, 0) is 32.7 Å². The molecule has 0 saturated carbocycles. The maximum Gasteiger partial charge on any atom is 0.472 e. The zero-order valence-corrected chi connectivity index (χ0v) is 63.7. The van der Waals surface area contributed by atoms with Crippen LogP contribution < -0.4 is 0 Å². The third kappa shape index (κ3) is 78.9. The number of hydrogen-bond acceptors (Lipinski definition) is 7. The van der Waals surface area contributed by atoms with Gasteiger partial charge >= 0.3 is 19.8 Å². The van der Waals surface area contributed by atoms with Gasteiger partial charge in [-0.05, 0) is 116 Å². The van der Waals surface area contributed by atoms with Gasteiger partial charge in [0.25, 0.3) is 0 Å². The summed E-state index contributed by atoms with van der Waals surface area (Å²) in [6.07, 6.45) is 111. The first-order valence-corrected chi connectivity index (χ1v) is 41.1. The fourth-order valence-electron chi connectivity index (χ4n) is 10.9. The fourth-order valence-corrected chi connectivity index (χ4v) is 11.7. The van der Waals surface area contributed by atoms with Gasteiger partial charge in [0, 0.05) is 12.8 Å². The van der Waals surface area contributed by atoms with Crippen LogP contribution in [0.3, 0.4) is 0 Å². The highest BCUT2D eigenvalue weighted by molar-refractivity contribution is 7.47. The summed E-state index contributed by atoms with van der Waals surface area (Å²) in [6, 6.07) is 0. The van der Waals surface area contributed by atoms with Gasteiger partial charge in [0.1, 0.15) is 19.8 Å². The monoisotopic (exact) mass is 1360 g/mol.